The molecule has 0 atom stereocenters. The third-order valence-corrected chi connectivity index (χ3v) is 5.61. The maximum atomic E-state index is 12.5. The molecule has 0 aliphatic carbocycles. The number of rotatable bonds is 6. The average molecular weight is 420 g/mol. The van der Waals surface area contributed by atoms with Crippen LogP contribution in [0.2, 0.25) is 10.0 Å². The molecule has 1 fully saturated rings. The molecule has 1 heterocycles. The zero-order chi connectivity index (χ0) is 20.3. The first-order valence-corrected chi connectivity index (χ1v) is 9.93. The minimum Gasteiger partial charge on any atom is -0.323 e. The van der Waals surface area contributed by atoms with Gasteiger partial charge in [0.15, 0.2) is 0 Å². The van der Waals surface area contributed by atoms with Crippen LogP contribution in [0.15, 0.2) is 42.5 Å². The van der Waals surface area contributed by atoms with E-state index >= 15 is 0 Å². The van der Waals surface area contributed by atoms with Crippen LogP contribution in [-0.4, -0.2) is 24.9 Å². The molecule has 2 aromatic rings. The molecule has 0 spiro atoms. The van der Waals surface area contributed by atoms with Gasteiger partial charge in [0.25, 0.3) is 0 Å². The zero-order valence-electron chi connectivity index (χ0n) is 15.9. The standard InChI is InChI=1S/C21H23Cl2N3O2/c1-21(2,14-9-10-15(22)16(23)12-14)24-13-19(27)25-17-6-3-4-7-18(17)26-11-5-8-20(26)28/h3-4,6-7,9-10,12,24H,5,8,11,13H2,1-2H3,(H,25,27). The Bertz CT molecular complexity index is 899. The van der Waals surface area contributed by atoms with Crippen molar-refractivity contribution < 1.29 is 9.59 Å². The fourth-order valence-electron chi connectivity index (χ4n) is 3.20. The largest absolute Gasteiger partial charge is 0.323 e. The molecule has 3 rings (SSSR count). The van der Waals surface area contributed by atoms with Crippen molar-refractivity contribution in [2.24, 2.45) is 0 Å². The molecule has 148 valence electrons. The van der Waals surface area contributed by atoms with Gasteiger partial charge < -0.3 is 10.2 Å². The van der Waals surface area contributed by atoms with E-state index in [0.29, 0.717) is 28.7 Å². The Balaban J connectivity index is 1.66. The Morgan fingerprint density at radius 2 is 1.89 bits per heavy atom. The number of anilines is 2. The molecule has 1 aliphatic rings. The number of hydrogen-bond acceptors (Lipinski definition) is 3. The molecule has 5 nitrogen and oxygen atoms in total. The second-order valence-corrected chi connectivity index (χ2v) is 8.14. The Hall–Kier alpha value is -2.08. The van der Waals surface area contributed by atoms with Gasteiger partial charge in [-0.15, -0.1) is 0 Å². The highest BCUT2D eigenvalue weighted by Crippen LogP contribution is 2.30. The summed E-state index contributed by atoms with van der Waals surface area (Å²) in [6.07, 6.45) is 1.38. The van der Waals surface area contributed by atoms with Gasteiger partial charge in [0, 0.05) is 18.5 Å². The zero-order valence-corrected chi connectivity index (χ0v) is 17.4. The first-order chi connectivity index (χ1) is 13.3. The second-order valence-electron chi connectivity index (χ2n) is 7.32. The fraction of sp³-hybridized carbons (Fsp3) is 0.333. The molecular formula is C21H23Cl2N3O2. The summed E-state index contributed by atoms with van der Waals surface area (Å²) >= 11 is 12.1. The summed E-state index contributed by atoms with van der Waals surface area (Å²) in [6, 6.07) is 12.8. The van der Waals surface area contributed by atoms with Crippen LogP contribution in [0.1, 0.15) is 32.3 Å². The number of carbonyl (C=O) groups is 2. The first kappa shape index (κ1) is 20.6. The Morgan fingerprint density at radius 1 is 1.14 bits per heavy atom. The Kier molecular flexibility index (Phi) is 6.28. The molecule has 0 aromatic heterocycles. The van der Waals surface area contributed by atoms with Crippen molar-refractivity contribution in [3.05, 3.63) is 58.1 Å². The first-order valence-electron chi connectivity index (χ1n) is 9.18. The molecule has 1 aliphatic heterocycles. The highest BCUT2D eigenvalue weighted by Gasteiger charge is 2.25. The molecule has 2 aromatic carbocycles. The van der Waals surface area contributed by atoms with E-state index in [0.717, 1.165) is 17.7 Å². The van der Waals surface area contributed by atoms with E-state index in [1.54, 1.807) is 17.0 Å². The summed E-state index contributed by atoms with van der Waals surface area (Å²) in [6.45, 7) is 4.72. The van der Waals surface area contributed by atoms with E-state index in [1.165, 1.54) is 0 Å². The van der Waals surface area contributed by atoms with Crippen LogP contribution in [-0.2, 0) is 15.1 Å². The van der Waals surface area contributed by atoms with Gasteiger partial charge in [-0.05, 0) is 50.1 Å². The maximum absolute atomic E-state index is 12.5. The van der Waals surface area contributed by atoms with E-state index in [4.69, 9.17) is 23.2 Å². The lowest BCUT2D eigenvalue weighted by atomic mass is 9.94. The summed E-state index contributed by atoms with van der Waals surface area (Å²) in [7, 11) is 0. The number of halogens is 2. The van der Waals surface area contributed by atoms with Crippen molar-refractivity contribution >= 4 is 46.4 Å². The van der Waals surface area contributed by atoms with E-state index in [2.05, 4.69) is 10.6 Å². The van der Waals surface area contributed by atoms with Gasteiger partial charge in [0.1, 0.15) is 0 Å². The van der Waals surface area contributed by atoms with Gasteiger partial charge in [0.05, 0.1) is 28.0 Å². The molecule has 0 bridgehead atoms. The van der Waals surface area contributed by atoms with Crippen molar-refractivity contribution in [3.63, 3.8) is 0 Å². The topological polar surface area (TPSA) is 61.4 Å². The molecular weight excluding hydrogens is 397 g/mol. The molecule has 0 radical (unpaired) electrons. The number of carbonyl (C=O) groups excluding carboxylic acids is 2. The highest BCUT2D eigenvalue weighted by atomic mass is 35.5. The van der Waals surface area contributed by atoms with Crippen molar-refractivity contribution in [3.8, 4) is 0 Å². The average Bonchev–Trinajstić information content (AvgIpc) is 3.08. The smallest absolute Gasteiger partial charge is 0.238 e. The van der Waals surface area contributed by atoms with Gasteiger partial charge in [-0.25, -0.2) is 0 Å². The number of benzene rings is 2. The van der Waals surface area contributed by atoms with Gasteiger partial charge >= 0.3 is 0 Å². The van der Waals surface area contributed by atoms with E-state index in [9.17, 15) is 9.59 Å². The number of hydrogen-bond donors (Lipinski definition) is 2. The van der Waals surface area contributed by atoms with Crippen LogP contribution in [0.4, 0.5) is 11.4 Å². The second kappa shape index (κ2) is 8.52. The molecule has 0 unspecified atom stereocenters. The maximum Gasteiger partial charge on any atom is 0.238 e. The summed E-state index contributed by atoms with van der Waals surface area (Å²) in [5.41, 5.74) is 1.83. The van der Waals surface area contributed by atoms with E-state index in [-0.39, 0.29) is 18.4 Å². The molecule has 28 heavy (non-hydrogen) atoms. The van der Waals surface area contributed by atoms with Crippen LogP contribution < -0.4 is 15.5 Å². The number of nitrogens with one attached hydrogen (secondary N) is 2. The highest BCUT2D eigenvalue weighted by molar-refractivity contribution is 6.42. The predicted octanol–water partition coefficient (Wildman–Crippen LogP) is 4.58. The minimum atomic E-state index is -0.476. The minimum absolute atomic E-state index is 0.0839. The molecule has 0 saturated carbocycles. The SMILES string of the molecule is CC(C)(NCC(=O)Nc1ccccc1N1CCCC1=O)c1ccc(Cl)c(Cl)c1. The Labute approximate surface area is 175 Å². The third kappa shape index (κ3) is 4.66. The molecule has 2 N–H and O–H groups in total. The Morgan fingerprint density at radius 3 is 2.57 bits per heavy atom. The van der Waals surface area contributed by atoms with Crippen molar-refractivity contribution in [1.29, 1.82) is 0 Å². The van der Waals surface area contributed by atoms with Gasteiger partial charge in [-0.1, -0.05) is 41.4 Å². The normalized spacial score (nSPS) is 14.4. The van der Waals surface area contributed by atoms with Crippen LogP contribution >= 0.6 is 23.2 Å². The van der Waals surface area contributed by atoms with E-state index in [1.807, 2.05) is 44.2 Å². The predicted molar refractivity (Wildman–Crippen MR) is 114 cm³/mol. The lowest BCUT2D eigenvalue weighted by Gasteiger charge is -2.27. The molecule has 2 amide bonds. The monoisotopic (exact) mass is 419 g/mol. The van der Waals surface area contributed by atoms with Crippen LogP contribution in [0.5, 0.6) is 0 Å². The van der Waals surface area contributed by atoms with Crippen LogP contribution in [0.25, 0.3) is 0 Å². The quantitative estimate of drug-likeness (QED) is 0.719. The summed E-state index contributed by atoms with van der Waals surface area (Å²) in [5.74, 6) is -0.104. The van der Waals surface area contributed by atoms with Gasteiger partial charge in [-0.2, -0.15) is 0 Å². The fourth-order valence-corrected chi connectivity index (χ4v) is 3.50. The van der Waals surface area contributed by atoms with E-state index < -0.39 is 5.54 Å². The number of amides is 2. The number of para-hydroxylation sites is 2. The van der Waals surface area contributed by atoms with Crippen molar-refractivity contribution in [2.75, 3.05) is 23.3 Å². The lowest BCUT2D eigenvalue weighted by Crippen LogP contribution is -2.41. The summed E-state index contributed by atoms with van der Waals surface area (Å²) in [5, 5.41) is 7.12. The summed E-state index contributed by atoms with van der Waals surface area (Å²) in [4.78, 5) is 26.3. The van der Waals surface area contributed by atoms with Gasteiger partial charge in [0.2, 0.25) is 11.8 Å². The van der Waals surface area contributed by atoms with Crippen LogP contribution in [0, 0.1) is 0 Å². The summed E-state index contributed by atoms with van der Waals surface area (Å²) < 4.78 is 0. The van der Waals surface area contributed by atoms with Crippen LogP contribution in [0.3, 0.4) is 0 Å². The third-order valence-electron chi connectivity index (χ3n) is 4.87. The number of nitrogens with zero attached hydrogens (tertiary/aromatic N) is 1. The van der Waals surface area contributed by atoms with Crippen molar-refractivity contribution in [2.45, 2.75) is 32.2 Å². The molecule has 1 saturated heterocycles. The van der Waals surface area contributed by atoms with Crippen molar-refractivity contribution in [1.82, 2.24) is 5.32 Å². The van der Waals surface area contributed by atoms with Gasteiger partial charge in [-0.3, -0.25) is 14.9 Å². The lowest BCUT2D eigenvalue weighted by molar-refractivity contribution is -0.117. The molecule has 7 heteroatoms.